The molecule has 0 radical (unpaired) electrons. The van der Waals surface area contributed by atoms with E-state index in [0.717, 1.165) is 16.7 Å². The maximum atomic E-state index is 13.4. The maximum Gasteiger partial charge on any atom is 0.410 e. The fourth-order valence-electron chi connectivity index (χ4n) is 4.25. The number of likely N-dealkylation sites (tertiary alicyclic amines) is 1. The molecular weight excluding hydrogens is 446 g/mol. The number of carbonyl (C=O) groups excluding carboxylic acids is 3. The number of nitrogens with zero attached hydrogens (tertiary/aromatic N) is 1. The summed E-state index contributed by atoms with van der Waals surface area (Å²) in [6.07, 6.45) is -1.07. The summed E-state index contributed by atoms with van der Waals surface area (Å²) in [7, 11) is 1.23. The third-order valence-electron chi connectivity index (χ3n) is 6.02. The highest BCUT2D eigenvalue weighted by molar-refractivity contribution is 5.89. The van der Waals surface area contributed by atoms with Crippen LogP contribution in [0.1, 0.15) is 29.2 Å². The summed E-state index contributed by atoms with van der Waals surface area (Å²) in [6.45, 7) is 0.234. The third-order valence-corrected chi connectivity index (χ3v) is 6.02. The van der Waals surface area contributed by atoms with Crippen LogP contribution in [0.25, 0.3) is 0 Å². The van der Waals surface area contributed by atoms with Gasteiger partial charge >= 0.3 is 18.0 Å². The second-order valence-corrected chi connectivity index (χ2v) is 8.24. The van der Waals surface area contributed by atoms with Crippen LogP contribution in [0.15, 0.2) is 91.0 Å². The Kier molecular flexibility index (Phi) is 7.77. The van der Waals surface area contributed by atoms with Crippen LogP contribution in [0, 0.1) is 5.92 Å². The molecule has 4 rings (SSSR count). The van der Waals surface area contributed by atoms with Gasteiger partial charge in [0.25, 0.3) is 0 Å². The molecule has 0 N–H and O–H groups in total. The van der Waals surface area contributed by atoms with Crippen LogP contribution in [0.4, 0.5) is 4.79 Å². The lowest BCUT2D eigenvalue weighted by atomic mass is 9.98. The molecule has 1 heterocycles. The van der Waals surface area contributed by atoms with Crippen molar-refractivity contribution in [1.82, 2.24) is 4.90 Å². The van der Waals surface area contributed by atoms with Gasteiger partial charge in [0.05, 0.1) is 13.0 Å². The van der Waals surface area contributed by atoms with Gasteiger partial charge in [0.15, 0.2) is 6.10 Å². The Bertz CT molecular complexity index is 1100. The molecule has 0 aromatic heterocycles. The van der Waals surface area contributed by atoms with Crippen molar-refractivity contribution in [2.75, 3.05) is 13.7 Å². The zero-order chi connectivity index (χ0) is 24.6. The molecular formula is C28H27NO6. The van der Waals surface area contributed by atoms with Gasteiger partial charge in [-0.1, -0.05) is 91.0 Å². The van der Waals surface area contributed by atoms with E-state index in [1.807, 2.05) is 91.0 Å². The lowest BCUT2D eigenvalue weighted by Crippen LogP contribution is -2.46. The molecule has 1 amide bonds. The largest absolute Gasteiger partial charge is 0.467 e. The molecule has 7 nitrogen and oxygen atoms in total. The number of methoxy groups -OCH3 is 1. The zero-order valence-electron chi connectivity index (χ0n) is 19.4. The van der Waals surface area contributed by atoms with Crippen molar-refractivity contribution >= 4 is 18.0 Å². The Labute approximate surface area is 204 Å². The number of esters is 2. The number of benzene rings is 3. The van der Waals surface area contributed by atoms with E-state index in [4.69, 9.17) is 14.2 Å². The molecule has 0 bridgehead atoms. The molecule has 3 aromatic rings. The van der Waals surface area contributed by atoms with Gasteiger partial charge in [0.2, 0.25) is 0 Å². The molecule has 1 aliphatic heterocycles. The van der Waals surface area contributed by atoms with E-state index in [-0.39, 0.29) is 19.6 Å². The first-order valence-electron chi connectivity index (χ1n) is 11.4. The van der Waals surface area contributed by atoms with Gasteiger partial charge < -0.3 is 14.2 Å². The van der Waals surface area contributed by atoms with Crippen molar-refractivity contribution in [3.05, 3.63) is 108 Å². The van der Waals surface area contributed by atoms with E-state index in [2.05, 4.69) is 0 Å². The first kappa shape index (κ1) is 24.0. The first-order chi connectivity index (χ1) is 17.1. The Hall–Kier alpha value is -4.13. The Balaban J connectivity index is 1.51. The number of carbonyl (C=O) groups is 3. The van der Waals surface area contributed by atoms with Crippen LogP contribution in [0.5, 0.6) is 0 Å². The highest BCUT2D eigenvalue weighted by atomic mass is 16.6. The topological polar surface area (TPSA) is 82.1 Å². The van der Waals surface area contributed by atoms with E-state index < -0.39 is 36.1 Å². The molecule has 2 atom stereocenters. The van der Waals surface area contributed by atoms with Crippen LogP contribution in [-0.4, -0.2) is 42.6 Å². The van der Waals surface area contributed by atoms with E-state index >= 15 is 0 Å². The Morgan fingerprint density at radius 1 is 0.829 bits per heavy atom. The second-order valence-electron chi connectivity index (χ2n) is 8.24. The Morgan fingerprint density at radius 2 is 1.37 bits per heavy atom. The molecule has 0 unspecified atom stereocenters. The van der Waals surface area contributed by atoms with Gasteiger partial charge in [0.1, 0.15) is 12.6 Å². The summed E-state index contributed by atoms with van der Waals surface area (Å²) in [5.74, 6) is -2.13. The lowest BCUT2D eigenvalue weighted by molar-refractivity contribution is -0.159. The molecule has 3 aromatic carbocycles. The molecule has 1 fully saturated rings. The van der Waals surface area contributed by atoms with E-state index in [0.29, 0.717) is 0 Å². The first-order valence-corrected chi connectivity index (χ1v) is 11.4. The second kappa shape index (κ2) is 11.3. The zero-order valence-corrected chi connectivity index (χ0v) is 19.4. The van der Waals surface area contributed by atoms with E-state index in [1.54, 1.807) is 0 Å². The summed E-state index contributed by atoms with van der Waals surface area (Å²) in [5.41, 5.74) is 2.43. The quantitative estimate of drug-likeness (QED) is 0.371. The van der Waals surface area contributed by atoms with Gasteiger partial charge in [-0.3, -0.25) is 9.69 Å². The average Bonchev–Trinajstić information content (AvgIpc) is 3.37. The monoisotopic (exact) mass is 473 g/mol. The summed E-state index contributed by atoms with van der Waals surface area (Å²) >= 11 is 0. The molecule has 0 spiro atoms. The predicted molar refractivity (Wildman–Crippen MR) is 128 cm³/mol. The van der Waals surface area contributed by atoms with Gasteiger partial charge in [-0.05, 0) is 23.1 Å². The number of amides is 1. The summed E-state index contributed by atoms with van der Waals surface area (Å²) in [4.78, 5) is 40.1. The van der Waals surface area contributed by atoms with Crippen LogP contribution >= 0.6 is 0 Å². The van der Waals surface area contributed by atoms with Crippen molar-refractivity contribution < 1.29 is 28.6 Å². The van der Waals surface area contributed by atoms with Crippen molar-refractivity contribution in [2.24, 2.45) is 5.92 Å². The van der Waals surface area contributed by atoms with Crippen molar-refractivity contribution in [3.63, 3.8) is 0 Å². The molecule has 1 aliphatic rings. The standard InChI is InChI=1S/C28H27NO6/c1-33-27(31)24-23(17-18-29(24)28(32)34-19-20-11-5-2-6-12-20)26(30)35-25(21-13-7-3-8-14-21)22-15-9-4-10-16-22/h2-16,23-25H,17-19H2,1H3/t23-,24+/m0/s1. The molecule has 0 aliphatic carbocycles. The Morgan fingerprint density at radius 3 is 1.91 bits per heavy atom. The normalized spacial score (nSPS) is 17.1. The molecule has 1 saturated heterocycles. The van der Waals surface area contributed by atoms with Crippen molar-refractivity contribution in [2.45, 2.75) is 25.2 Å². The van der Waals surface area contributed by atoms with Crippen LogP contribution in [0.3, 0.4) is 0 Å². The molecule has 0 saturated carbocycles. The molecule has 7 heteroatoms. The lowest BCUT2D eigenvalue weighted by Gasteiger charge is -2.26. The van der Waals surface area contributed by atoms with Crippen molar-refractivity contribution in [3.8, 4) is 0 Å². The van der Waals surface area contributed by atoms with E-state index in [1.165, 1.54) is 12.0 Å². The minimum absolute atomic E-state index is 0.0588. The third kappa shape index (κ3) is 5.69. The van der Waals surface area contributed by atoms with Crippen molar-refractivity contribution in [1.29, 1.82) is 0 Å². The molecule has 35 heavy (non-hydrogen) atoms. The fourth-order valence-corrected chi connectivity index (χ4v) is 4.25. The SMILES string of the molecule is COC(=O)[C@H]1[C@@H](C(=O)OC(c2ccccc2)c2ccccc2)CCN1C(=O)OCc1ccccc1. The van der Waals surface area contributed by atoms with Gasteiger partial charge in [-0.2, -0.15) is 0 Å². The number of hydrogen-bond acceptors (Lipinski definition) is 6. The average molecular weight is 474 g/mol. The summed E-state index contributed by atoms with van der Waals surface area (Å²) in [5, 5.41) is 0. The fraction of sp³-hybridized carbons (Fsp3) is 0.250. The van der Waals surface area contributed by atoms with Gasteiger partial charge in [-0.15, -0.1) is 0 Å². The van der Waals surface area contributed by atoms with Crippen LogP contribution in [0.2, 0.25) is 0 Å². The number of rotatable bonds is 7. The highest BCUT2D eigenvalue weighted by Gasteiger charge is 2.48. The number of ether oxygens (including phenoxy) is 3. The van der Waals surface area contributed by atoms with Crippen LogP contribution < -0.4 is 0 Å². The number of hydrogen-bond donors (Lipinski definition) is 0. The van der Waals surface area contributed by atoms with E-state index in [9.17, 15) is 14.4 Å². The predicted octanol–water partition coefficient (Wildman–Crippen LogP) is 4.52. The van der Waals surface area contributed by atoms with Gasteiger partial charge in [-0.25, -0.2) is 9.59 Å². The summed E-state index contributed by atoms with van der Waals surface area (Å²) < 4.78 is 16.3. The highest BCUT2D eigenvalue weighted by Crippen LogP contribution is 2.32. The minimum Gasteiger partial charge on any atom is -0.467 e. The van der Waals surface area contributed by atoms with Gasteiger partial charge in [0, 0.05) is 6.54 Å². The maximum absolute atomic E-state index is 13.4. The minimum atomic E-state index is -1.12. The summed E-state index contributed by atoms with van der Waals surface area (Å²) in [6, 6.07) is 26.9. The molecule has 180 valence electrons. The smallest absolute Gasteiger partial charge is 0.410 e. The van der Waals surface area contributed by atoms with Crippen LogP contribution in [-0.2, 0) is 30.4 Å².